The van der Waals surface area contributed by atoms with Gasteiger partial charge in [0, 0.05) is 18.4 Å². The van der Waals surface area contributed by atoms with Crippen LogP contribution in [0.1, 0.15) is 30.9 Å². The summed E-state index contributed by atoms with van der Waals surface area (Å²) in [4.78, 5) is 12.1. The largest absolute Gasteiger partial charge is 0.360 e. The van der Waals surface area contributed by atoms with Gasteiger partial charge in [-0.05, 0) is 36.1 Å². The van der Waals surface area contributed by atoms with Gasteiger partial charge in [-0.2, -0.15) is 5.26 Å². The number of carbonyl (C=O) groups is 1. The van der Waals surface area contributed by atoms with Crippen LogP contribution in [0.5, 0.6) is 0 Å². The number of rotatable bonds is 8. The van der Waals surface area contributed by atoms with Gasteiger partial charge in [0.2, 0.25) is 0 Å². The lowest BCUT2D eigenvalue weighted by molar-refractivity contribution is -0.117. The van der Waals surface area contributed by atoms with Gasteiger partial charge in [-0.15, -0.1) is 0 Å². The van der Waals surface area contributed by atoms with Crippen molar-refractivity contribution in [2.24, 2.45) is 0 Å². The van der Waals surface area contributed by atoms with Gasteiger partial charge in [0.25, 0.3) is 5.91 Å². The molecule has 0 unspecified atom stereocenters. The lowest BCUT2D eigenvalue weighted by atomic mass is 10.1. The monoisotopic (exact) mass is 333 g/mol. The van der Waals surface area contributed by atoms with Gasteiger partial charge in [0.15, 0.2) is 0 Å². The van der Waals surface area contributed by atoms with Crippen LogP contribution in [-0.4, -0.2) is 5.91 Å². The molecule has 0 fully saturated rings. The van der Waals surface area contributed by atoms with E-state index in [4.69, 9.17) is 0 Å². The maximum absolute atomic E-state index is 12.1. The summed E-state index contributed by atoms with van der Waals surface area (Å²) in [6.07, 6.45) is 4.86. The number of nitrogens with zero attached hydrogens (tertiary/aromatic N) is 1. The molecule has 0 saturated carbocycles. The molecule has 0 saturated heterocycles. The van der Waals surface area contributed by atoms with Crippen LogP contribution in [0.15, 0.2) is 66.4 Å². The summed E-state index contributed by atoms with van der Waals surface area (Å²) in [6.45, 7) is 2.57. The Morgan fingerprint density at radius 3 is 2.44 bits per heavy atom. The van der Waals surface area contributed by atoms with Crippen molar-refractivity contribution in [1.82, 2.24) is 5.32 Å². The number of hydrogen-bond acceptors (Lipinski definition) is 3. The van der Waals surface area contributed by atoms with E-state index in [2.05, 4.69) is 29.7 Å². The van der Waals surface area contributed by atoms with E-state index in [0.717, 1.165) is 17.7 Å². The standard InChI is InChI=1S/C21H23N3O/c1-2-3-7-17-10-12-20(13-11-17)23-16-19(14-22)21(25)24-15-18-8-5-4-6-9-18/h4-6,8-13,16,23H,2-3,7,15H2,1H3,(H,24,25). The second kappa shape index (κ2) is 9.94. The molecule has 0 heterocycles. The zero-order valence-electron chi connectivity index (χ0n) is 14.5. The number of anilines is 1. The lowest BCUT2D eigenvalue weighted by Crippen LogP contribution is -2.24. The minimum atomic E-state index is -0.390. The summed E-state index contributed by atoms with van der Waals surface area (Å²) < 4.78 is 0. The van der Waals surface area contributed by atoms with Gasteiger partial charge >= 0.3 is 0 Å². The predicted octanol–water partition coefficient (Wildman–Crippen LogP) is 4.16. The summed E-state index contributed by atoms with van der Waals surface area (Å²) >= 11 is 0. The van der Waals surface area contributed by atoms with Crippen LogP contribution < -0.4 is 10.6 Å². The number of aryl methyl sites for hydroxylation is 1. The molecule has 0 bridgehead atoms. The third kappa shape index (κ3) is 6.15. The fraction of sp³-hybridized carbons (Fsp3) is 0.238. The summed E-state index contributed by atoms with van der Waals surface area (Å²) in [5.41, 5.74) is 3.18. The molecule has 0 aliphatic carbocycles. The van der Waals surface area contributed by atoms with Crippen molar-refractivity contribution in [2.75, 3.05) is 5.32 Å². The van der Waals surface area contributed by atoms with Crippen LogP contribution in [0.4, 0.5) is 5.69 Å². The highest BCUT2D eigenvalue weighted by Crippen LogP contribution is 2.12. The second-order valence-electron chi connectivity index (χ2n) is 5.78. The summed E-state index contributed by atoms with van der Waals surface area (Å²) in [7, 11) is 0. The zero-order chi connectivity index (χ0) is 17.9. The number of benzene rings is 2. The van der Waals surface area contributed by atoms with E-state index in [1.165, 1.54) is 24.6 Å². The Balaban J connectivity index is 1.90. The Bertz CT molecular complexity index is 743. The second-order valence-corrected chi connectivity index (χ2v) is 5.78. The predicted molar refractivity (Wildman–Crippen MR) is 101 cm³/mol. The Kier molecular flexibility index (Phi) is 7.27. The van der Waals surface area contributed by atoms with Gasteiger partial charge in [0.05, 0.1) is 0 Å². The fourth-order valence-electron chi connectivity index (χ4n) is 2.33. The van der Waals surface area contributed by atoms with Crippen molar-refractivity contribution in [1.29, 1.82) is 5.26 Å². The highest BCUT2D eigenvalue weighted by molar-refractivity contribution is 5.97. The lowest BCUT2D eigenvalue weighted by Gasteiger charge is -2.06. The van der Waals surface area contributed by atoms with E-state index in [1.54, 1.807) is 0 Å². The molecule has 2 N–H and O–H groups in total. The summed E-state index contributed by atoms with van der Waals surface area (Å²) in [6, 6.07) is 19.6. The van der Waals surface area contributed by atoms with Gasteiger partial charge in [-0.3, -0.25) is 4.79 Å². The average molecular weight is 333 g/mol. The normalized spacial score (nSPS) is 10.8. The molecule has 1 amide bonds. The third-order valence-electron chi connectivity index (χ3n) is 3.82. The van der Waals surface area contributed by atoms with E-state index in [1.807, 2.05) is 48.5 Å². The van der Waals surface area contributed by atoms with E-state index in [-0.39, 0.29) is 5.57 Å². The maximum atomic E-state index is 12.1. The third-order valence-corrected chi connectivity index (χ3v) is 3.82. The molecule has 25 heavy (non-hydrogen) atoms. The Labute approximate surface area is 149 Å². The van der Waals surface area contributed by atoms with Crippen molar-refractivity contribution >= 4 is 11.6 Å². The highest BCUT2D eigenvalue weighted by atomic mass is 16.1. The molecule has 0 radical (unpaired) electrons. The number of amides is 1. The van der Waals surface area contributed by atoms with Gasteiger partial charge in [0.1, 0.15) is 11.6 Å². The van der Waals surface area contributed by atoms with Crippen LogP contribution >= 0.6 is 0 Å². The first-order chi connectivity index (χ1) is 12.2. The topological polar surface area (TPSA) is 64.9 Å². The minimum absolute atomic E-state index is 0.0472. The summed E-state index contributed by atoms with van der Waals surface area (Å²) in [5, 5.41) is 15.0. The van der Waals surface area contributed by atoms with Gasteiger partial charge < -0.3 is 10.6 Å². The number of nitrogens with one attached hydrogen (secondary N) is 2. The molecule has 128 valence electrons. The number of nitriles is 1. The molecular formula is C21H23N3O. The first kappa shape index (κ1) is 18.3. The molecule has 2 aromatic carbocycles. The van der Waals surface area contributed by atoms with Crippen molar-refractivity contribution in [3.8, 4) is 6.07 Å². The fourth-order valence-corrected chi connectivity index (χ4v) is 2.33. The molecule has 0 aliphatic rings. The molecule has 0 aliphatic heterocycles. The van der Waals surface area contributed by atoms with Crippen LogP contribution in [0.2, 0.25) is 0 Å². The molecule has 0 aromatic heterocycles. The van der Waals surface area contributed by atoms with Crippen molar-refractivity contribution in [3.63, 3.8) is 0 Å². The summed E-state index contributed by atoms with van der Waals surface area (Å²) in [5.74, 6) is -0.390. The van der Waals surface area contributed by atoms with E-state index in [0.29, 0.717) is 6.54 Å². The van der Waals surface area contributed by atoms with E-state index >= 15 is 0 Å². The Morgan fingerprint density at radius 1 is 1.08 bits per heavy atom. The Hall–Kier alpha value is -3.06. The van der Waals surface area contributed by atoms with Gasteiger partial charge in [-0.25, -0.2) is 0 Å². The number of hydrogen-bond donors (Lipinski definition) is 2. The van der Waals surface area contributed by atoms with Gasteiger partial charge in [-0.1, -0.05) is 55.8 Å². The molecule has 4 nitrogen and oxygen atoms in total. The number of carbonyl (C=O) groups excluding carboxylic acids is 1. The maximum Gasteiger partial charge on any atom is 0.263 e. The molecule has 2 rings (SSSR count). The zero-order valence-corrected chi connectivity index (χ0v) is 14.5. The molecule has 0 spiro atoms. The van der Waals surface area contributed by atoms with E-state index in [9.17, 15) is 10.1 Å². The van der Waals surface area contributed by atoms with Crippen molar-refractivity contribution in [3.05, 3.63) is 77.5 Å². The molecular weight excluding hydrogens is 310 g/mol. The van der Waals surface area contributed by atoms with Crippen LogP contribution in [-0.2, 0) is 17.8 Å². The van der Waals surface area contributed by atoms with Crippen molar-refractivity contribution in [2.45, 2.75) is 32.7 Å². The molecule has 0 atom stereocenters. The van der Waals surface area contributed by atoms with E-state index < -0.39 is 5.91 Å². The number of unbranched alkanes of at least 4 members (excludes halogenated alkanes) is 1. The molecule has 4 heteroatoms. The highest BCUT2D eigenvalue weighted by Gasteiger charge is 2.08. The quantitative estimate of drug-likeness (QED) is 0.563. The molecule has 2 aromatic rings. The first-order valence-electron chi connectivity index (χ1n) is 8.50. The average Bonchev–Trinajstić information content (AvgIpc) is 2.67. The SMILES string of the molecule is CCCCc1ccc(NC=C(C#N)C(=O)NCc2ccccc2)cc1. The van der Waals surface area contributed by atoms with Crippen LogP contribution in [0.25, 0.3) is 0 Å². The minimum Gasteiger partial charge on any atom is -0.360 e. The smallest absolute Gasteiger partial charge is 0.263 e. The van der Waals surface area contributed by atoms with Crippen LogP contribution in [0.3, 0.4) is 0 Å². The van der Waals surface area contributed by atoms with Crippen LogP contribution in [0, 0.1) is 11.3 Å². The Morgan fingerprint density at radius 2 is 1.80 bits per heavy atom. The first-order valence-corrected chi connectivity index (χ1v) is 8.50. The van der Waals surface area contributed by atoms with Crippen molar-refractivity contribution < 1.29 is 4.79 Å².